The first kappa shape index (κ1) is 24.2. The van der Waals surface area contributed by atoms with E-state index in [-0.39, 0.29) is 48.8 Å². The molecule has 2 heterocycles. The van der Waals surface area contributed by atoms with Crippen molar-refractivity contribution in [1.82, 2.24) is 9.97 Å². The Morgan fingerprint density at radius 1 is 1.24 bits per heavy atom. The molecule has 0 spiro atoms. The lowest BCUT2D eigenvalue weighted by atomic mass is 9.97. The van der Waals surface area contributed by atoms with E-state index in [1.165, 1.54) is 18.2 Å². The predicted octanol–water partition coefficient (Wildman–Crippen LogP) is 3.80. The number of rotatable bonds is 8. The van der Waals surface area contributed by atoms with Gasteiger partial charge in [-0.1, -0.05) is 18.2 Å². The number of benzene rings is 1. The third-order valence-corrected chi connectivity index (χ3v) is 5.30. The topological polar surface area (TPSA) is 108 Å². The zero-order chi connectivity index (χ0) is 24.0. The highest BCUT2D eigenvalue weighted by molar-refractivity contribution is 5.73. The van der Waals surface area contributed by atoms with Crippen LogP contribution in [0.5, 0.6) is 5.88 Å². The van der Waals surface area contributed by atoms with Crippen LogP contribution in [-0.4, -0.2) is 47.2 Å². The van der Waals surface area contributed by atoms with Gasteiger partial charge < -0.3 is 14.4 Å². The molecule has 0 bridgehead atoms. The zero-order valence-corrected chi connectivity index (χ0v) is 17.9. The van der Waals surface area contributed by atoms with Crippen LogP contribution in [0.3, 0.4) is 0 Å². The smallest absolute Gasteiger partial charge is 0.416 e. The fraction of sp³-hybridized carbons (Fsp3) is 0.476. The highest BCUT2D eigenvalue weighted by atomic mass is 19.4. The van der Waals surface area contributed by atoms with Crippen LogP contribution in [0.1, 0.15) is 30.9 Å². The quantitative estimate of drug-likeness (QED) is 0.327. The molecule has 178 valence electrons. The summed E-state index contributed by atoms with van der Waals surface area (Å²) in [6, 6.07) is 5.08. The van der Waals surface area contributed by atoms with Crippen LogP contribution >= 0.6 is 0 Å². The SMILES string of the molecule is CCOC(=O)C1CCN(c2ncnc(OCCc3ccccc3C(F)(F)F)c2[N+](=O)[O-])CC1. The molecule has 0 radical (unpaired) electrons. The highest BCUT2D eigenvalue weighted by Crippen LogP contribution is 2.36. The van der Waals surface area contributed by atoms with E-state index in [1.54, 1.807) is 11.8 Å². The van der Waals surface area contributed by atoms with Gasteiger partial charge in [0, 0.05) is 19.5 Å². The van der Waals surface area contributed by atoms with E-state index in [0.717, 1.165) is 12.4 Å². The average Bonchev–Trinajstić information content (AvgIpc) is 2.78. The maximum atomic E-state index is 13.2. The summed E-state index contributed by atoms with van der Waals surface area (Å²) < 4.78 is 50.0. The molecule has 33 heavy (non-hydrogen) atoms. The largest absolute Gasteiger partial charge is 0.472 e. The number of esters is 1. The summed E-state index contributed by atoms with van der Waals surface area (Å²) in [6.07, 6.45) is -2.62. The van der Waals surface area contributed by atoms with Crippen molar-refractivity contribution in [2.45, 2.75) is 32.4 Å². The number of nitrogens with zero attached hydrogens (tertiary/aromatic N) is 4. The number of ether oxygens (including phenoxy) is 2. The van der Waals surface area contributed by atoms with Gasteiger partial charge in [0.25, 0.3) is 5.88 Å². The van der Waals surface area contributed by atoms with Gasteiger partial charge in [-0.2, -0.15) is 18.2 Å². The van der Waals surface area contributed by atoms with Gasteiger partial charge >= 0.3 is 17.8 Å². The summed E-state index contributed by atoms with van der Waals surface area (Å²) in [5.41, 5.74) is -1.23. The molecule has 0 atom stereocenters. The molecular weight excluding hydrogens is 445 g/mol. The standard InChI is InChI=1S/C21H23F3N4O5/c1-2-32-20(29)15-7-10-27(11-8-15)18-17(28(30)31)19(26-13-25-18)33-12-9-14-5-3-4-6-16(14)21(22,23)24/h3-6,13,15H,2,7-12H2,1H3. The minimum atomic E-state index is -4.51. The second-order valence-electron chi connectivity index (χ2n) is 7.37. The maximum absolute atomic E-state index is 13.2. The summed E-state index contributed by atoms with van der Waals surface area (Å²) in [5.74, 6) is -0.853. The van der Waals surface area contributed by atoms with Crippen LogP contribution in [0.15, 0.2) is 30.6 Å². The fourth-order valence-electron chi connectivity index (χ4n) is 3.71. The van der Waals surface area contributed by atoms with Crippen LogP contribution in [0.4, 0.5) is 24.7 Å². The third-order valence-electron chi connectivity index (χ3n) is 5.30. The molecule has 0 amide bonds. The van der Waals surface area contributed by atoms with Gasteiger partial charge in [0.05, 0.1) is 29.6 Å². The van der Waals surface area contributed by atoms with Crippen LogP contribution in [-0.2, 0) is 22.1 Å². The molecule has 2 aromatic rings. The Balaban J connectivity index is 1.72. The van der Waals surface area contributed by atoms with Crippen molar-refractivity contribution in [1.29, 1.82) is 0 Å². The van der Waals surface area contributed by atoms with Crippen LogP contribution in [0, 0.1) is 16.0 Å². The lowest BCUT2D eigenvalue weighted by Crippen LogP contribution is -2.37. The Morgan fingerprint density at radius 3 is 2.58 bits per heavy atom. The van der Waals surface area contributed by atoms with Crippen molar-refractivity contribution < 1.29 is 32.4 Å². The Labute approximate surface area is 187 Å². The molecule has 0 N–H and O–H groups in total. The van der Waals surface area contributed by atoms with Gasteiger partial charge in [-0.15, -0.1) is 0 Å². The van der Waals surface area contributed by atoms with Crippen molar-refractivity contribution >= 4 is 17.5 Å². The monoisotopic (exact) mass is 468 g/mol. The lowest BCUT2D eigenvalue weighted by Gasteiger charge is -2.31. The van der Waals surface area contributed by atoms with Crippen LogP contribution in [0.25, 0.3) is 0 Å². The van der Waals surface area contributed by atoms with Crippen molar-refractivity contribution in [3.05, 3.63) is 51.8 Å². The molecular formula is C21H23F3N4O5. The molecule has 1 aromatic heterocycles. The highest BCUT2D eigenvalue weighted by Gasteiger charge is 2.34. The Hall–Kier alpha value is -3.44. The van der Waals surface area contributed by atoms with Gasteiger partial charge in [-0.3, -0.25) is 14.9 Å². The van der Waals surface area contributed by atoms with E-state index in [2.05, 4.69) is 9.97 Å². The van der Waals surface area contributed by atoms with E-state index in [1.807, 2.05) is 0 Å². The summed E-state index contributed by atoms with van der Waals surface area (Å²) in [7, 11) is 0. The molecule has 1 saturated heterocycles. The Bertz CT molecular complexity index is 994. The number of alkyl halides is 3. The van der Waals surface area contributed by atoms with Gasteiger partial charge in [0.15, 0.2) is 0 Å². The molecule has 3 rings (SSSR count). The number of carbonyl (C=O) groups excluding carboxylic acids is 1. The summed E-state index contributed by atoms with van der Waals surface area (Å²) >= 11 is 0. The lowest BCUT2D eigenvalue weighted by molar-refractivity contribution is -0.385. The molecule has 1 aromatic carbocycles. The van der Waals surface area contributed by atoms with Crippen LogP contribution in [0.2, 0.25) is 0 Å². The molecule has 9 nitrogen and oxygen atoms in total. The summed E-state index contributed by atoms with van der Waals surface area (Å²) in [6.45, 7) is 2.46. The number of hydrogen-bond acceptors (Lipinski definition) is 8. The van der Waals surface area contributed by atoms with Gasteiger partial charge in [-0.25, -0.2) is 4.98 Å². The second kappa shape index (κ2) is 10.5. The molecule has 0 unspecified atom stereocenters. The molecule has 0 aliphatic carbocycles. The first-order valence-corrected chi connectivity index (χ1v) is 10.4. The van der Waals surface area contributed by atoms with E-state index in [4.69, 9.17) is 9.47 Å². The number of anilines is 1. The van der Waals surface area contributed by atoms with Crippen molar-refractivity contribution in [3.63, 3.8) is 0 Å². The fourth-order valence-corrected chi connectivity index (χ4v) is 3.71. The summed E-state index contributed by atoms with van der Waals surface area (Å²) in [4.78, 5) is 32.5. The summed E-state index contributed by atoms with van der Waals surface area (Å²) in [5, 5.41) is 11.8. The van der Waals surface area contributed by atoms with Gasteiger partial charge in [0.2, 0.25) is 5.82 Å². The predicted molar refractivity (Wildman–Crippen MR) is 111 cm³/mol. The second-order valence-corrected chi connectivity index (χ2v) is 7.37. The minimum Gasteiger partial charge on any atom is -0.472 e. The van der Waals surface area contributed by atoms with E-state index < -0.39 is 22.4 Å². The number of hydrogen-bond donors (Lipinski definition) is 0. The zero-order valence-electron chi connectivity index (χ0n) is 17.9. The molecule has 0 saturated carbocycles. The van der Waals surface area contributed by atoms with Gasteiger partial charge in [0.1, 0.15) is 6.33 Å². The number of aromatic nitrogens is 2. The molecule has 12 heteroatoms. The molecule has 1 aliphatic heterocycles. The Kier molecular flexibility index (Phi) is 7.67. The normalized spacial score (nSPS) is 14.7. The Morgan fingerprint density at radius 2 is 1.94 bits per heavy atom. The number of carbonyl (C=O) groups is 1. The van der Waals surface area contributed by atoms with Gasteiger partial charge in [-0.05, 0) is 31.4 Å². The number of halogens is 3. The third kappa shape index (κ3) is 5.88. The van der Waals surface area contributed by atoms with E-state index in [9.17, 15) is 28.1 Å². The first-order chi connectivity index (χ1) is 15.7. The molecule has 1 fully saturated rings. The van der Waals surface area contributed by atoms with Crippen molar-refractivity contribution in [3.8, 4) is 5.88 Å². The van der Waals surface area contributed by atoms with E-state index in [0.29, 0.717) is 25.9 Å². The minimum absolute atomic E-state index is 0.0166. The maximum Gasteiger partial charge on any atom is 0.416 e. The van der Waals surface area contributed by atoms with Crippen molar-refractivity contribution in [2.75, 3.05) is 31.2 Å². The number of nitro groups is 1. The van der Waals surface area contributed by atoms with Crippen LogP contribution < -0.4 is 9.64 Å². The first-order valence-electron chi connectivity index (χ1n) is 10.4. The number of piperidine rings is 1. The molecule has 1 aliphatic rings. The average molecular weight is 468 g/mol. The van der Waals surface area contributed by atoms with Crippen molar-refractivity contribution in [2.24, 2.45) is 5.92 Å². The van der Waals surface area contributed by atoms with E-state index >= 15 is 0 Å².